The molecular weight excluding hydrogens is 445 g/mol. The zero-order valence-electron chi connectivity index (χ0n) is 19.6. The fourth-order valence-corrected chi connectivity index (χ4v) is 4.01. The summed E-state index contributed by atoms with van der Waals surface area (Å²) in [5, 5.41) is 2.71. The molecule has 9 heteroatoms. The molecule has 0 bridgehead atoms. The Hall–Kier alpha value is -3.07. The Morgan fingerprint density at radius 3 is 2.48 bits per heavy atom. The maximum atomic E-state index is 13.0. The molecule has 0 aromatic heterocycles. The average Bonchev–Trinajstić information content (AvgIpc) is 3.19. The van der Waals surface area contributed by atoms with Gasteiger partial charge >= 0.3 is 6.09 Å². The van der Waals surface area contributed by atoms with Gasteiger partial charge in [-0.15, -0.1) is 11.8 Å². The number of rotatable bonds is 7. The Morgan fingerprint density at radius 1 is 1.21 bits per heavy atom. The topological polar surface area (TPSA) is 79.0 Å². The van der Waals surface area contributed by atoms with Crippen molar-refractivity contribution in [2.45, 2.75) is 38.7 Å². The highest BCUT2D eigenvalue weighted by Gasteiger charge is 2.33. The van der Waals surface area contributed by atoms with Gasteiger partial charge in [0.15, 0.2) is 0 Å². The molecule has 1 fully saturated rings. The second kappa shape index (κ2) is 12.2. The molecule has 178 valence electrons. The zero-order valence-corrected chi connectivity index (χ0v) is 20.4. The Bertz CT molecular complexity index is 984. The van der Waals surface area contributed by atoms with Crippen molar-refractivity contribution in [2.24, 2.45) is 0 Å². The van der Waals surface area contributed by atoms with Gasteiger partial charge in [-0.2, -0.15) is 0 Å². The average molecular weight is 476 g/mol. The van der Waals surface area contributed by atoms with Crippen molar-refractivity contribution in [1.82, 2.24) is 5.32 Å². The van der Waals surface area contributed by atoms with Gasteiger partial charge in [0.25, 0.3) is 5.91 Å². The van der Waals surface area contributed by atoms with E-state index in [1.807, 2.05) is 32.9 Å². The summed E-state index contributed by atoms with van der Waals surface area (Å²) in [6.07, 6.45) is -1.01. The van der Waals surface area contributed by atoms with Crippen LogP contribution in [0, 0.1) is 5.82 Å². The van der Waals surface area contributed by atoms with E-state index in [9.17, 15) is 18.8 Å². The predicted octanol–water partition coefficient (Wildman–Crippen LogP) is 4.70. The van der Waals surface area contributed by atoms with E-state index in [0.29, 0.717) is 11.3 Å². The number of anilines is 2. The number of amides is 3. The molecule has 1 saturated heterocycles. The van der Waals surface area contributed by atoms with Gasteiger partial charge in [-0.05, 0) is 48.2 Å². The van der Waals surface area contributed by atoms with Crippen molar-refractivity contribution in [2.75, 3.05) is 35.7 Å². The van der Waals surface area contributed by atoms with Gasteiger partial charge in [0.05, 0.1) is 18.8 Å². The number of carbonyl (C=O) groups excluding carboxylic acids is 3. The zero-order chi connectivity index (χ0) is 24.5. The van der Waals surface area contributed by atoms with Crippen molar-refractivity contribution >= 4 is 41.0 Å². The summed E-state index contributed by atoms with van der Waals surface area (Å²) in [4.78, 5) is 40.3. The van der Waals surface area contributed by atoms with Crippen LogP contribution in [-0.2, 0) is 9.53 Å². The number of nitrogens with one attached hydrogen (secondary N) is 1. The molecule has 2 aromatic carbocycles. The Balaban J connectivity index is 0.00000187. The first kappa shape index (κ1) is 26.2. The molecule has 0 saturated carbocycles. The molecule has 1 heterocycles. The van der Waals surface area contributed by atoms with E-state index < -0.39 is 18.0 Å². The number of carbonyl (C=O) groups is 3. The summed E-state index contributed by atoms with van der Waals surface area (Å²) in [5.74, 6) is -0.0564. The van der Waals surface area contributed by atoms with Crippen molar-refractivity contribution in [1.29, 1.82) is 0 Å². The van der Waals surface area contributed by atoms with Crippen LogP contribution in [0.3, 0.4) is 0 Å². The van der Waals surface area contributed by atoms with E-state index in [2.05, 4.69) is 5.32 Å². The number of ether oxygens (including phenoxy) is 1. The number of benzene rings is 2. The number of nitrogens with zero attached hydrogens (tertiary/aromatic N) is 2. The molecule has 1 N–H and O–H groups in total. The van der Waals surface area contributed by atoms with Crippen LogP contribution in [0.2, 0.25) is 0 Å². The first-order valence-corrected chi connectivity index (χ1v) is 11.8. The Kier molecular flexibility index (Phi) is 9.72. The smallest absolute Gasteiger partial charge is 0.414 e. The SMILES string of the molecule is CC.CCSc1cc(N2CC(CNC(=O)c3ccc(F)cc3)OC2=O)ccc1N(C)C(C)=O. The second-order valence-corrected chi connectivity index (χ2v) is 8.30. The monoisotopic (exact) mass is 475 g/mol. The highest BCUT2D eigenvalue weighted by Crippen LogP contribution is 2.34. The minimum Gasteiger partial charge on any atom is -0.442 e. The molecule has 7 nitrogen and oxygen atoms in total. The lowest BCUT2D eigenvalue weighted by Crippen LogP contribution is -2.34. The van der Waals surface area contributed by atoms with Crippen molar-refractivity contribution in [3.63, 3.8) is 0 Å². The van der Waals surface area contributed by atoms with E-state index >= 15 is 0 Å². The van der Waals surface area contributed by atoms with Gasteiger partial charge in [0, 0.05) is 30.1 Å². The van der Waals surface area contributed by atoms with Gasteiger partial charge in [-0.3, -0.25) is 14.5 Å². The van der Waals surface area contributed by atoms with Crippen LogP contribution < -0.4 is 15.1 Å². The third-order valence-electron chi connectivity index (χ3n) is 4.86. The molecule has 1 aliphatic rings. The Morgan fingerprint density at radius 2 is 1.88 bits per heavy atom. The van der Waals surface area contributed by atoms with E-state index in [1.54, 1.807) is 29.8 Å². The molecule has 1 unspecified atom stereocenters. The third kappa shape index (κ3) is 6.71. The van der Waals surface area contributed by atoms with Crippen molar-refractivity contribution < 1.29 is 23.5 Å². The van der Waals surface area contributed by atoms with Gasteiger partial charge in [0.2, 0.25) is 5.91 Å². The summed E-state index contributed by atoms with van der Waals surface area (Å²) >= 11 is 1.58. The fourth-order valence-electron chi connectivity index (χ4n) is 3.14. The van der Waals surface area contributed by atoms with E-state index in [0.717, 1.165) is 16.3 Å². The summed E-state index contributed by atoms with van der Waals surface area (Å²) in [5.41, 5.74) is 1.77. The lowest BCUT2D eigenvalue weighted by molar-refractivity contribution is -0.116. The third-order valence-corrected chi connectivity index (χ3v) is 5.79. The van der Waals surface area contributed by atoms with Crippen LogP contribution >= 0.6 is 11.8 Å². The van der Waals surface area contributed by atoms with Crippen LogP contribution in [0.15, 0.2) is 47.4 Å². The van der Waals surface area contributed by atoms with Crippen LogP contribution in [0.5, 0.6) is 0 Å². The van der Waals surface area contributed by atoms with Gasteiger partial charge in [-0.25, -0.2) is 9.18 Å². The first-order valence-electron chi connectivity index (χ1n) is 10.8. The van der Waals surface area contributed by atoms with Gasteiger partial charge < -0.3 is 15.0 Å². The number of hydrogen-bond donors (Lipinski definition) is 1. The van der Waals surface area contributed by atoms with Crippen LogP contribution in [-0.4, -0.2) is 49.9 Å². The van der Waals surface area contributed by atoms with Crippen LogP contribution in [0.1, 0.15) is 38.1 Å². The van der Waals surface area contributed by atoms with Crippen molar-refractivity contribution in [3.05, 3.63) is 53.8 Å². The predicted molar refractivity (Wildman–Crippen MR) is 130 cm³/mol. The van der Waals surface area contributed by atoms with Crippen LogP contribution in [0.4, 0.5) is 20.6 Å². The molecule has 0 radical (unpaired) electrons. The Labute approximate surface area is 198 Å². The fraction of sp³-hybridized carbons (Fsp3) is 0.375. The minimum absolute atomic E-state index is 0.0803. The molecule has 3 rings (SSSR count). The largest absolute Gasteiger partial charge is 0.442 e. The minimum atomic E-state index is -0.515. The van der Waals surface area contributed by atoms with E-state index in [1.165, 1.54) is 36.1 Å². The molecular formula is C24H30FN3O4S. The molecule has 3 amide bonds. The lowest BCUT2D eigenvalue weighted by atomic mass is 10.2. The quantitative estimate of drug-likeness (QED) is 0.587. The summed E-state index contributed by atoms with van der Waals surface area (Å²) in [7, 11) is 1.71. The van der Waals surface area contributed by atoms with Gasteiger partial charge in [-0.1, -0.05) is 20.8 Å². The van der Waals surface area contributed by atoms with E-state index in [4.69, 9.17) is 4.74 Å². The first-order chi connectivity index (χ1) is 15.8. The highest BCUT2D eigenvalue weighted by atomic mass is 32.2. The van der Waals surface area contributed by atoms with Gasteiger partial charge in [0.1, 0.15) is 11.9 Å². The molecule has 0 spiro atoms. The maximum Gasteiger partial charge on any atom is 0.414 e. The second-order valence-electron chi connectivity index (χ2n) is 7.00. The van der Waals surface area contributed by atoms with E-state index in [-0.39, 0.29) is 24.9 Å². The number of halogens is 1. The summed E-state index contributed by atoms with van der Waals surface area (Å²) in [6.45, 7) is 7.93. The molecule has 33 heavy (non-hydrogen) atoms. The number of thioether (sulfide) groups is 1. The standard InChI is InChI=1S/C22H24FN3O4S.C2H6/c1-4-31-20-11-17(9-10-19(20)25(3)14(2)27)26-13-18(30-22(26)29)12-24-21(28)15-5-7-16(23)8-6-15;1-2/h5-11,18H,4,12-13H2,1-3H3,(H,24,28);1-2H3. The maximum absolute atomic E-state index is 13.0. The van der Waals surface area contributed by atoms with Crippen LogP contribution in [0.25, 0.3) is 0 Å². The normalized spacial score (nSPS) is 14.8. The molecule has 0 aliphatic carbocycles. The summed E-state index contributed by atoms with van der Waals surface area (Å²) in [6, 6.07) is 10.7. The highest BCUT2D eigenvalue weighted by molar-refractivity contribution is 7.99. The molecule has 1 aliphatic heterocycles. The number of hydrogen-bond acceptors (Lipinski definition) is 5. The lowest BCUT2D eigenvalue weighted by Gasteiger charge is -2.21. The van der Waals surface area contributed by atoms with Crippen molar-refractivity contribution in [3.8, 4) is 0 Å². The molecule has 1 atom stereocenters. The summed E-state index contributed by atoms with van der Waals surface area (Å²) < 4.78 is 18.4. The molecule has 2 aromatic rings. The number of cyclic esters (lactones) is 1.